The van der Waals surface area contributed by atoms with Gasteiger partial charge in [-0.1, -0.05) is 45.6 Å². The van der Waals surface area contributed by atoms with E-state index < -0.39 is 6.16 Å². The van der Waals surface area contributed by atoms with E-state index in [1.807, 2.05) is 6.07 Å². The van der Waals surface area contributed by atoms with Gasteiger partial charge in [0.25, 0.3) is 0 Å². The molecule has 1 aromatic rings. The Labute approximate surface area is 126 Å². The summed E-state index contributed by atoms with van der Waals surface area (Å²) in [5.41, 5.74) is 1.81. The molecule has 0 radical (unpaired) electrons. The number of hydrogen-bond acceptors (Lipinski definition) is 3. The van der Waals surface area contributed by atoms with Crippen LogP contribution in [-0.4, -0.2) is 16.4 Å². The summed E-state index contributed by atoms with van der Waals surface area (Å²) in [4.78, 5) is 10.7. The molecule has 0 unspecified atom stereocenters. The number of carbonyl (C=O) groups is 1. The monoisotopic (exact) mass is 294 g/mol. The predicted octanol–water partition coefficient (Wildman–Crippen LogP) is 4.91. The maximum Gasteiger partial charge on any atom is 0.511 e. The van der Waals surface area contributed by atoms with E-state index >= 15 is 0 Å². The van der Waals surface area contributed by atoms with Crippen LogP contribution < -0.4 is 4.74 Å². The van der Waals surface area contributed by atoms with Crippen molar-refractivity contribution in [1.82, 2.24) is 0 Å². The highest BCUT2D eigenvalue weighted by Gasteiger charge is 2.14. The van der Waals surface area contributed by atoms with Gasteiger partial charge in [-0.15, -0.1) is 0 Å². The SMILES string of the molecule is CCCCCCc1cc(CCCC)cc(OC(=O)O)c1O. The standard InChI is InChI=1S/C17H26O4/c1-3-5-7-8-10-14-11-13(9-6-4-2)12-15(16(14)18)21-17(19)20/h11-12,18H,3-10H2,1-2H3,(H,19,20). The smallest absolute Gasteiger partial charge is 0.504 e. The van der Waals surface area contributed by atoms with Crippen LogP contribution in [0.5, 0.6) is 11.5 Å². The Morgan fingerprint density at radius 3 is 2.38 bits per heavy atom. The molecule has 0 aliphatic carbocycles. The van der Waals surface area contributed by atoms with E-state index in [9.17, 15) is 9.90 Å². The quantitative estimate of drug-likeness (QED) is 0.385. The van der Waals surface area contributed by atoms with E-state index in [1.54, 1.807) is 6.07 Å². The first-order valence-corrected chi connectivity index (χ1v) is 7.84. The Morgan fingerprint density at radius 2 is 1.76 bits per heavy atom. The Hall–Kier alpha value is -1.71. The Kier molecular flexibility index (Phi) is 7.65. The zero-order valence-corrected chi connectivity index (χ0v) is 13.0. The molecule has 4 heteroatoms. The normalized spacial score (nSPS) is 10.6. The van der Waals surface area contributed by atoms with Gasteiger partial charge in [0.05, 0.1) is 0 Å². The number of aryl methyl sites for hydroxylation is 2. The van der Waals surface area contributed by atoms with Crippen LogP contribution in [0.2, 0.25) is 0 Å². The molecule has 0 saturated heterocycles. The van der Waals surface area contributed by atoms with Crippen molar-refractivity contribution < 1.29 is 19.7 Å². The minimum atomic E-state index is -1.39. The fourth-order valence-electron chi connectivity index (χ4n) is 2.36. The fourth-order valence-corrected chi connectivity index (χ4v) is 2.36. The van der Waals surface area contributed by atoms with Crippen molar-refractivity contribution in [2.75, 3.05) is 0 Å². The molecule has 0 amide bonds. The van der Waals surface area contributed by atoms with Crippen molar-refractivity contribution in [3.8, 4) is 11.5 Å². The summed E-state index contributed by atoms with van der Waals surface area (Å²) in [6, 6.07) is 3.61. The first-order chi connectivity index (χ1) is 10.1. The Balaban J connectivity index is 2.88. The van der Waals surface area contributed by atoms with E-state index in [2.05, 4.69) is 13.8 Å². The molecule has 0 aliphatic heterocycles. The molecule has 21 heavy (non-hydrogen) atoms. The maximum absolute atomic E-state index is 10.7. The second-order valence-corrected chi connectivity index (χ2v) is 5.38. The molecule has 0 fully saturated rings. The number of ether oxygens (including phenoxy) is 1. The van der Waals surface area contributed by atoms with E-state index in [4.69, 9.17) is 9.84 Å². The van der Waals surface area contributed by atoms with Gasteiger partial charge in [0.2, 0.25) is 0 Å². The zero-order valence-electron chi connectivity index (χ0n) is 13.0. The first-order valence-electron chi connectivity index (χ1n) is 7.84. The number of phenols is 1. The second kappa shape index (κ2) is 9.27. The molecule has 118 valence electrons. The topological polar surface area (TPSA) is 66.8 Å². The third kappa shape index (κ3) is 6.06. The number of phenolic OH excluding ortho intramolecular Hbond substituents is 1. The van der Waals surface area contributed by atoms with Gasteiger partial charge in [0.1, 0.15) is 0 Å². The lowest BCUT2D eigenvalue weighted by molar-refractivity contribution is 0.142. The fraction of sp³-hybridized carbons (Fsp3) is 0.588. The molecule has 0 spiro atoms. The summed E-state index contributed by atoms with van der Waals surface area (Å²) < 4.78 is 4.70. The highest BCUT2D eigenvalue weighted by atomic mass is 16.7. The van der Waals surface area contributed by atoms with Crippen molar-refractivity contribution >= 4 is 6.16 Å². The molecule has 0 aromatic heterocycles. The van der Waals surface area contributed by atoms with Crippen molar-refractivity contribution in [3.63, 3.8) is 0 Å². The Morgan fingerprint density at radius 1 is 1.05 bits per heavy atom. The minimum Gasteiger partial charge on any atom is -0.504 e. The summed E-state index contributed by atoms with van der Waals surface area (Å²) in [5, 5.41) is 18.9. The molecule has 2 N–H and O–H groups in total. The van der Waals surface area contributed by atoms with Crippen LogP contribution in [0.15, 0.2) is 12.1 Å². The molecule has 1 aromatic carbocycles. The van der Waals surface area contributed by atoms with E-state index in [0.717, 1.165) is 56.1 Å². The molecule has 0 atom stereocenters. The van der Waals surface area contributed by atoms with Gasteiger partial charge in [-0.3, -0.25) is 0 Å². The van der Waals surface area contributed by atoms with Crippen LogP contribution in [0.25, 0.3) is 0 Å². The number of carboxylic acid groups (broad SMARTS) is 1. The Bertz CT molecular complexity index is 454. The molecule has 1 rings (SSSR count). The van der Waals surface area contributed by atoms with Crippen LogP contribution in [0.3, 0.4) is 0 Å². The summed E-state index contributed by atoms with van der Waals surface area (Å²) in [7, 11) is 0. The number of aromatic hydroxyl groups is 1. The lowest BCUT2D eigenvalue weighted by Gasteiger charge is -2.12. The maximum atomic E-state index is 10.7. The lowest BCUT2D eigenvalue weighted by atomic mass is 9.99. The first kappa shape index (κ1) is 17.3. The summed E-state index contributed by atoms with van der Waals surface area (Å²) in [5.74, 6) is 0.0238. The van der Waals surface area contributed by atoms with Crippen LogP contribution >= 0.6 is 0 Å². The molecule has 0 aliphatic rings. The lowest BCUT2D eigenvalue weighted by Crippen LogP contribution is -2.05. The summed E-state index contributed by atoms with van der Waals surface area (Å²) in [6.07, 6.45) is 6.78. The van der Waals surface area contributed by atoms with Crippen LogP contribution in [0.4, 0.5) is 4.79 Å². The number of rotatable bonds is 9. The molecule has 4 nitrogen and oxygen atoms in total. The second-order valence-electron chi connectivity index (χ2n) is 5.38. The molecule has 0 saturated carbocycles. The van der Waals surface area contributed by atoms with Crippen LogP contribution in [0, 0.1) is 0 Å². The minimum absolute atomic E-state index is 0.0332. The van der Waals surface area contributed by atoms with Crippen molar-refractivity contribution in [2.24, 2.45) is 0 Å². The number of unbranched alkanes of at least 4 members (excludes halogenated alkanes) is 4. The van der Waals surface area contributed by atoms with Gasteiger partial charge in [-0.25, -0.2) is 4.79 Å². The summed E-state index contributed by atoms with van der Waals surface area (Å²) >= 11 is 0. The van der Waals surface area contributed by atoms with Crippen molar-refractivity contribution in [2.45, 2.75) is 65.2 Å². The number of benzene rings is 1. The van der Waals surface area contributed by atoms with E-state index in [0.29, 0.717) is 0 Å². The predicted molar refractivity (Wildman–Crippen MR) is 83.2 cm³/mol. The average Bonchev–Trinajstić information content (AvgIpc) is 2.44. The highest BCUT2D eigenvalue weighted by molar-refractivity contribution is 5.64. The van der Waals surface area contributed by atoms with Gasteiger partial charge in [0.15, 0.2) is 11.5 Å². The number of hydrogen-bond donors (Lipinski definition) is 2. The van der Waals surface area contributed by atoms with E-state index in [1.165, 1.54) is 6.42 Å². The van der Waals surface area contributed by atoms with Crippen molar-refractivity contribution in [3.05, 3.63) is 23.3 Å². The summed E-state index contributed by atoms with van der Waals surface area (Å²) in [6.45, 7) is 4.27. The van der Waals surface area contributed by atoms with Gasteiger partial charge < -0.3 is 14.9 Å². The van der Waals surface area contributed by atoms with Crippen LogP contribution in [0.1, 0.15) is 63.5 Å². The average molecular weight is 294 g/mol. The van der Waals surface area contributed by atoms with Gasteiger partial charge in [-0.05, 0) is 42.9 Å². The zero-order chi connectivity index (χ0) is 15.7. The molecule has 0 bridgehead atoms. The third-order valence-electron chi connectivity index (χ3n) is 3.53. The van der Waals surface area contributed by atoms with Crippen molar-refractivity contribution in [1.29, 1.82) is 0 Å². The molecular formula is C17H26O4. The van der Waals surface area contributed by atoms with E-state index in [-0.39, 0.29) is 11.5 Å². The largest absolute Gasteiger partial charge is 0.511 e. The highest BCUT2D eigenvalue weighted by Crippen LogP contribution is 2.33. The van der Waals surface area contributed by atoms with Crippen LogP contribution in [-0.2, 0) is 12.8 Å². The third-order valence-corrected chi connectivity index (χ3v) is 3.53. The molecule has 0 heterocycles. The molecular weight excluding hydrogens is 268 g/mol. The van der Waals surface area contributed by atoms with Gasteiger partial charge >= 0.3 is 6.16 Å². The van der Waals surface area contributed by atoms with Gasteiger partial charge in [0, 0.05) is 0 Å². The van der Waals surface area contributed by atoms with Gasteiger partial charge in [-0.2, -0.15) is 0 Å².